The van der Waals surface area contributed by atoms with Crippen LogP contribution in [0.1, 0.15) is 45.7 Å². The van der Waals surface area contributed by atoms with Crippen molar-refractivity contribution in [2.45, 2.75) is 52.1 Å². The first-order chi connectivity index (χ1) is 9.49. The molecule has 2 heterocycles. The highest BCUT2D eigenvalue weighted by Crippen LogP contribution is 2.21. The Morgan fingerprint density at radius 3 is 2.48 bits per heavy atom. The molecule has 0 aliphatic carbocycles. The van der Waals surface area contributed by atoms with Crippen LogP contribution in [0.25, 0.3) is 0 Å². The van der Waals surface area contributed by atoms with Gasteiger partial charge in [-0.2, -0.15) is 0 Å². The van der Waals surface area contributed by atoms with E-state index in [1.54, 1.807) is 0 Å². The topological polar surface area (TPSA) is 46.0 Å². The van der Waals surface area contributed by atoms with Crippen molar-refractivity contribution in [3.05, 3.63) is 11.9 Å². The van der Waals surface area contributed by atoms with Gasteiger partial charge >= 0.3 is 0 Å². The van der Waals surface area contributed by atoms with E-state index in [0.717, 1.165) is 24.7 Å². The van der Waals surface area contributed by atoms with Gasteiger partial charge < -0.3 is 5.32 Å². The summed E-state index contributed by atoms with van der Waals surface area (Å²) in [6, 6.07) is 0. The van der Waals surface area contributed by atoms with Crippen LogP contribution < -0.4 is 5.32 Å². The molecule has 0 aromatic carbocycles. The van der Waals surface area contributed by atoms with E-state index in [0.29, 0.717) is 0 Å². The summed E-state index contributed by atoms with van der Waals surface area (Å²) in [5.41, 5.74) is 1.11. The molecule has 21 heavy (non-hydrogen) atoms. The van der Waals surface area contributed by atoms with Crippen molar-refractivity contribution in [2.75, 3.05) is 26.7 Å². The number of nitrogens with one attached hydrogen (secondary N) is 1. The predicted octanol–water partition coefficient (Wildman–Crippen LogP) is 2.28. The lowest BCUT2D eigenvalue weighted by Gasteiger charge is -2.31. The van der Waals surface area contributed by atoms with Crippen LogP contribution in [0.15, 0.2) is 6.20 Å². The second-order valence-corrected chi connectivity index (χ2v) is 6.94. The number of hydrogen-bond acceptors (Lipinski definition) is 4. The van der Waals surface area contributed by atoms with Gasteiger partial charge in [0, 0.05) is 6.54 Å². The maximum atomic E-state index is 4.31. The maximum absolute atomic E-state index is 4.31. The number of halogens is 1. The minimum Gasteiger partial charge on any atom is -0.320 e. The molecule has 2 rings (SSSR count). The third kappa shape index (κ3) is 5.57. The lowest BCUT2D eigenvalue weighted by atomic mass is 9.93. The van der Waals surface area contributed by atoms with E-state index in [1.807, 2.05) is 11.7 Å². The lowest BCUT2D eigenvalue weighted by molar-refractivity contribution is 0.170. The van der Waals surface area contributed by atoms with Crippen molar-refractivity contribution in [3.8, 4) is 0 Å². The number of likely N-dealkylation sites (tertiary alicyclic amines) is 1. The Hall–Kier alpha value is -0.650. The first-order valence-corrected chi connectivity index (χ1v) is 7.77. The molecule has 1 aliphatic heterocycles. The summed E-state index contributed by atoms with van der Waals surface area (Å²) >= 11 is 0. The summed E-state index contributed by atoms with van der Waals surface area (Å²) in [7, 11) is 2.04. The third-order valence-corrected chi connectivity index (χ3v) is 4.12. The van der Waals surface area contributed by atoms with Crippen LogP contribution in [0.5, 0.6) is 0 Å². The molecule has 1 N–H and O–H groups in total. The molecular formula is C15H30ClN5. The Labute approximate surface area is 134 Å². The normalized spacial score (nSPS) is 17.7. The highest BCUT2D eigenvalue weighted by Gasteiger charge is 2.20. The van der Waals surface area contributed by atoms with Crippen LogP contribution >= 0.6 is 12.4 Å². The van der Waals surface area contributed by atoms with Crippen LogP contribution in [0.3, 0.4) is 0 Å². The second kappa shape index (κ2) is 8.11. The molecule has 1 aliphatic rings. The smallest absolute Gasteiger partial charge is 0.0967 e. The van der Waals surface area contributed by atoms with Gasteiger partial charge in [0.2, 0.25) is 0 Å². The molecule has 0 unspecified atom stereocenters. The molecule has 6 heteroatoms. The van der Waals surface area contributed by atoms with Crippen molar-refractivity contribution in [2.24, 2.45) is 5.92 Å². The zero-order valence-electron chi connectivity index (χ0n) is 13.8. The minimum absolute atomic E-state index is 0. The summed E-state index contributed by atoms with van der Waals surface area (Å²) < 4.78 is 1.96. The molecule has 1 fully saturated rings. The van der Waals surface area contributed by atoms with E-state index in [-0.39, 0.29) is 17.9 Å². The molecule has 0 radical (unpaired) electrons. The Morgan fingerprint density at radius 1 is 1.29 bits per heavy atom. The fourth-order valence-electron chi connectivity index (χ4n) is 2.71. The molecule has 5 nitrogen and oxygen atoms in total. The van der Waals surface area contributed by atoms with E-state index in [4.69, 9.17) is 0 Å². The van der Waals surface area contributed by atoms with Gasteiger partial charge in [-0.3, -0.25) is 4.90 Å². The highest BCUT2D eigenvalue weighted by molar-refractivity contribution is 5.85. The molecule has 0 atom stereocenters. The van der Waals surface area contributed by atoms with E-state index in [2.05, 4.69) is 47.5 Å². The predicted molar refractivity (Wildman–Crippen MR) is 88.8 cm³/mol. The summed E-state index contributed by atoms with van der Waals surface area (Å²) in [6.45, 7) is 10.9. The van der Waals surface area contributed by atoms with Crippen LogP contribution in [-0.2, 0) is 12.1 Å². The zero-order chi connectivity index (χ0) is 14.6. The zero-order valence-corrected chi connectivity index (χ0v) is 14.6. The van der Waals surface area contributed by atoms with Gasteiger partial charge in [-0.25, -0.2) is 4.68 Å². The van der Waals surface area contributed by atoms with Gasteiger partial charge in [0.15, 0.2) is 0 Å². The Kier molecular flexibility index (Phi) is 7.10. The van der Waals surface area contributed by atoms with Gasteiger partial charge in [-0.1, -0.05) is 5.21 Å². The van der Waals surface area contributed by atoms with Crippen molar-refractivity contribution >= 4 is 12.4 Å². The Balaban J connectivity index is 0.00000220. The molecule has 0 spiro atoms. The summed E-state index contributed by atoms with van der Waals surface area (Å²) in [5.74, 6) is 0.893. The number of piperidine rings is 1. The Morgan fingerprint density at radius 2 is 1.95 bits per heavy atom. The molecule has 1 aromatic rings. The van der Waals surface area contributed by atoms with Gasteiger partial charge in [0.05, 0.1) is 17.4 Å². The molecule has 1 aromatic heterocycles. The molecular weight excluding hydrogens is 286 g/mol. The molecule has 0 saturated carbocycles. The molecule has 0 amide bonds. The first kappa shape index (κ1) is 18.4. The monoisotopic (exact) mass is 315 g/mol. The van der Waals surface area contributed by atoms with Crippen LogP contribution in [0.4, 0.5) is 0 Å². The molecule has 0 bridgehead atoms. The molecule has 122 valence electrons. The summed E-state index contributed by atoms with van der Waals surface area (Å²) in [5, 5.41) is 11.8. The highest BCUT2D eigenvalue weighted by atomic mass is 35.5. The van der Waals surface area contributed by atoms with Gasteiger partial charge in [0.25, 0.3) is 0 Å². The SMILES string of the molecule is CNCCC1CCN(Cc2cn(C(C)(C)C)nn2)CC1.Cl. The van der Waals surface area contributed by atoms with Gasteiger partial charge in [-0.05, 0) is 72.6 Å². The number of aromatic nitrogens is 3. The van der Waals surface area contributed by atoms with Crippen LogP contribution in [-0.4, -0.2) is 46.6 Å². The van der Waals surface area contributed by atoms with Crippen molar-refractivity contribution in [1.29, 1.82) is 0 Å². The van der Waals surface area contributed by atoms with E-state index in [1.165, 1.54) is 32.4 Å². The van der Waals surface area contributed by atoms with Crippen LogP contribution in [0.2, 0.25) is 0 Å². The average Bonchev–Trinajstić information content (AvgIpc) is 2.86. The van der Waals surface area contributed by atoms with Crippen molar-refractivity contribution < 1.29 is 0 Å². The van der Waals surface area contributed by atoms with Gasteiger partial charge in [-0.15, -0.1) is 17.5 Å². The number of nitrogens with zero attached hydrogens (tertiary/aromatic N) is 4. The maximum Gasteiger partial charge on any atom is 0.0967 e. The summed E-state index contributed by atoms with van der Waals surface area (Å²) in [6.07, 6.45) is 6.03. The van der Waals surface area contributed by atoms with E-state index < -0.39 is 0 Å². The fourth-order valence-corrected chi connectivity index (χ4v) is 2.71. The quantitative estimate of drug-likeness (QED) is 0.905. The molecule has 1 saturated heterocycles. The van der Waals surface area contributed by atoms with E-state index >= 15 is 0 Å². The number of hydrogen-bond donors (Lipinski definition) is 1. The van der Waals surface area contributed by atoms with Crippen LogP contribution in [0, 0.1) is 5.92 Å². The average molecular weight is 316 g/mol. The number of rotatable bonds is 5. The standard InChI is InChI=1S/C15H29N5.ClH/c1-15(2,3)20-12-14(17-18-20)11-19-9-6-13(7-10-19)5-8-16-4;/h12-13,16H,5-11H2,1-4H3;1H. The first-order valence-electron chi connectivity index (χ1n) is 7.77. The van der Waals surface area contributed by atoms with Crippen molar-refractivity contribution in [1.82, 2.24) is 25.2 Å². The fraction of sp³-hybridized carbons (Fsp3) is 0.867. The van der Waals surface area contributed by atoms with E-state index in [9.17, 15) is 0 Å². The largest absolute Gasteiger partial charge is 0.320 e. The minimum atomic E-state index is 0. The lowest BCUT2D eigenvalue weighted by Crippen LogP contribution is -2.34. The third-order valence-electron chi connectivity index (χ3n) is 4.12. The second-order valence-electron chi connectivity index (χ2n) is 6.94. The Bertz CT molecular complexity index is 404. The summed E-state index contributed by atoms with van der Waals surface area (Å²) in [4.78, 5) is 2.51. The van der Waals surface area contributed by atoms with Gasteiger partial charge in [0.1, 0.15) is 0 Å². The van der Waals surface area contributed by atoms with Crippen molar-refractivity contribution in [3.63, 3.8) is 0 Å².